The van der Waals surface area contributed by atoms with Gasteiger partial charge in [-0.15, -0.1) is 0 Å². The lowest BCUT2D eigenvalue weighted by Gasteiger charge is -2.26. The first-order valence-corrected chi connectivity index (χ1v) is 7.97. The highest BCUT2D eigenvalue weighted by atomic mass is 35.5. The van der Waals surface area contributed by atoms with Gasteiger partial charge >= 0.3 is 0 Å². The van der Waals surface area contributed by atoms with Crippen molar-refractivity contribution in [3.8, 4) is 5.75 Å². The SMILES string of the molecule is Oc1ccc2c(c1)C[C@@H](NC[C@H](O)c1cccc(Cl)c1)CC2. The monoisotopic (exact) mass is 317 g/mol. The summed E-state index contributed by atoms with van der Waals surface area (Å²) in [6, 6.07) is 13.2. The molecule has 3 N–H and O–H groups in total. The fraction of sp³-hybridized carbons (Fsp3) is 0.333. The molecule has 0 spiro atoms. The number of phenolic OH excluding ortho intramolecular Hbond substituents is 1. The number of aryl methyl sites for hydroxylation is 1. The van der Waals surface area contributed by atoms with E-state index in [4.69, 9.17) is 11.6 Å². The minimum Gasteiger partial charge on any atom is -0.508 e. The highest BCUT2D eigenvalue weighted by Crippen LogP contribution is 2.25. The first kappa shape index (κ1) is 15.3. The molecule has 1 aliphatic rings. The van der Waals surface area contributed by atoms with Crippen molar-refractivity contribution in [2.24, 2.45) is 0 Å². The molecular formula is C18H20ClNO2. The average Bonchev–Trinajstić information content (AvgIpc) is 2.52. The standard InChI is InChI=1S/C18H20ClNO2/c19-15-3-1-2-13(8-15)18(22)11-20-16-6-4-12-5-7-17(21)10-14(12)9-16/h1-3,5,7-8,10,16,18,20-22H,4,6,9,11H2/t16-,18-/m0/s1. The van der Waals surface area contributed by atoms with Crippen LogP contribution in [0.25, 0.3) is 0 Å². The molecule has 0 aromatic heterocycles. The van der Waals surface area contributed by atoms with E-state index in [0.717, 1.165) is 24.8 Å². The summed E-state index contributed by atoms with van der Waals surface area (Å²) in [6.45, 7) is 0.499. The zero-order chi connectivity index (χ0) is 15.5. The maximum absolute atomic E-state index is 10.3. The van der Waals surface area contributed by atoms with Crippen molar-refractivity contribution in [1.82, 2.24) is 5.32 Å². The van der Waals surface area contributed by atoms with Gasteiger partial charge < -0.3 is 15.5 Å². The van der Waals surface area contributed by atoms with E-state index in [-0.39, 0.29) is 0 Å². The summed E-state index contributed by atoms with van der Waals surface area (Å²) in [6.07, 6.45) is 2.36. The van der Waals surface area contributed by atoms with Crippen molar-refractivity contribution < 1.29 is 10.2 Å². The Labute approximate surface area is 135 Å². The number of aromatic hydroxyl groups is 1. The number of benzene rings is 2. The molecule has 22 heavy (non-hydrogen) atoms. The number of hydrogen-bond donors (Lipinski definition) is 3. The molecule has 0 heterocycles. The summed E-state index contributed by atoms with van der Waals surface area (Å²) in [7, 11) is 0. The van der Waals surface area contributed by atoms with E-state index in [0.29, 0.717) is 23.4 Å². The largest absolute Gasteiger partial charge is 0.508 e. The minimum atomic E-state index is -0.565. The lowest BCUT2D eigenvalue weighted by molar-refractivity contribution is 0.168. The highest BCUT2D eigenvalue weighted by molar-refractivity contribution is 6.30. The predicted molar refractivity (Wildman–Crippen MR) is 88.3 cm³/mol. The Balaban J connectivity index is 1.58. The van der Waals surface area contributed by atoms with Crippen molar-refractivity contribution in [2.75, 3.05) is 6.54 Å². The van der Waals surface area contributed by atoms with Gasteiger partial charge in [0.1, 0.15) is 5.75 Å². The Bertz CT molecular complexity index is 659. The summed E-state index contributed by atoms with van der Waals surface area (Å²) in [5.41, 5.74) is 3.33. The fourth-order valence-corrected chi connectivity index (χ4v) is 3.23. The van der Waals surface area contributed by atoms with Gasteiger partial charge in [-0.2, -0.15) is 0 Å². The first-order valence-electron chi connectivity index (χ1n) is 7.59. The fourth-order valence-electron chi connectivity index (χ4n) is 3.03. The molecule has 4 heteroatoms. The Morgan fingerprint density at radius 3 is 2.86 bits per heavy atom. The average molecular weight is 318 g/mol. The number of halogens is 1. The zero-order valence-electron chi connectivity index (χ0n) is 12.3. The van der Waals surface area contributed by atoms with Crippen molar-refractivity contribution in [2.45, 2.75) is 31.4 Å². The minimum absolute atomic E-state index is 0.318. The van der Waals surface area contributed by atoms with Gasteiger partial charge in [0, 0.05) is 17.6 Å². The molecule has 2 aromatic carbocycles. The summed E-state index contributed by atoms with van der Waals surface area (Å²) in [5, 5.41) is 23.9. The van der Waals surface area contributed by atoms with Gasteiger partial charge in [-0.05, 0) is 60.2 Å². The molecule has 0 aliphatic heterocycles. The van der Waals surface area contributed by atoms with E-state index in [1.54, 1.807) is 18.2 Å². The molecule has 3 rings (SSSR count). The number of rotatable bonds is 4. The Hall–Kier alpha value is -1.55. The molecule has 0 bridgehead atoms. The van der Waals surface area contributed by atoms with Gasteiger partial charge in [0.2, 0.25) is 0 Å². The van der Waals surface area contributed by atoms with Crippen LogP contribution in [-0.2, 0) is 12.8 Å². The van der Waals surface area contributed by atoms with Crippen LogP contribution in [0.2, 0.25) is 5.02 Å². The maximum Gasteiger partial charge on any atom is 0.115 e. The van der Waals surface area contributed by atoms with Gasteiger partial charge in [-0.25, -0.2) is 0 Å². The Morgan fingerprint density at radius 2 is 2.05 bits per heavy atom. The molecule has 0 radical (unpaired) electrons. The number of hydrogen-bond acceptors (Lipinski definition) is 3. The lowest BCUT2D eigenvalue weighted by Crippen LogP contribution is -2.37. The van der Waals surface area contributed by atoms with Crippen LogP contribution in [0, 0.1) is 0 Å². The third kappa shape index (κ3) is 3.61. The van der Waals surface area contributed by atoms with Crippen LogP contribution < -0.4 is 5.32 Å². The smallest absolute Gasteiger partial charge is 0.115 e. The van der Waals surface area contributed by atoms with Gasteiger partial charge in [0.15, 0.2) is 0 Å². The third-order valence-electron chi connectivity index (χ3n) is 4.25. The second kappa shape index (κ2) is 6.69. The summed E-state index contributed by atoms with van der Waals surface area (Å²) >= 11 is 5.95. The molecule has 3 nitrogen and oxygen atoms in total. The molecule has 2 aromatic rings. The van der Waals surface area contributed by atoms with E-state index in [2.05, 4.69) is 5.32 Å². The predicted octanol–water partition coefficient (Wildman–Crippen LogP) is 3.23. The second-order valence-corrected chi connectivity index (χ2v) is 6.31. The van der Waals surface area contributed by atoms with Crippen molar-refractivity contribution in [1.29, 1.82) is 0 Å². The van der Waals surface area contributed by atoms with Crippen LogP contribution in [0.1, 0.15) is 29.2 Å². The lowest BCUT2D eigenvalue weighted by atomic mass is 9.88. The van der Waals surface area contributed by atoms with E-state index in [9.17, 15) is 10.2 Å². The van der Waals surface area contributed by atoms with Crippen LogP contribution in [0.5, 0.6) is 5.75 Å². The Morgan fingerprint density at radius 1 is 1.18 bits per heavy atom. The van der Waals surface area contributed by atoms with E-state index >= 15 is 0 Å². The van der Waals surface area contributed by atoms with Crippen LogP contribution in [0.15, 0.2) is 42.5 Å². The molecule has 0 unspecified atom stereocenters. The third-order valence-corrected chi connectivity index (χ3v) is 4.49. The summed E-state index contributed by atoms with van der Waals surface area (Å²) in [5.74, 6) is 0.318. The van der Waals surface area contributed by atoms with Crippen LogP contribution in [0.4, 0.5) is 0 Å². The molecule has 2 atom stereocenters. The molecule has 0 saturated carbocycles. The number of nitrogens with one attached hydrogen (secondary N) is 1. The van der Waals surface area contributed by atoms with Gasteiger partial charge in [0.25, 0.3) is 0 Å². The van der Waals surface area contributed by atoms with Gasteiger partial charge in [-0.1, -0.05) is 29.8 Å². The molecular weight excluding hydrogens is 298 g/mol. The first-order chi connectivity index (χ1) is 10.6. The second-order valence-electron chi connectivity index (χ2n) is 5.87. The van der Waals surface area contributed by atoms with E-state index in [1.807, 2.05) is 24.3 Å². The Kier molecular flexibility index (Phi) is 4.67. The van der Waals surface area contributed by atoms with E-state index < -0.39 is 6.10 Å². The van der Waals surface area contributed by atoms with Crippen LogP contribution in [-0.4, -0.2) is 22.8 Å². The summed E-state index contributed by atoms with van der Waals surface area (Å²) < 4.78 is 0. The molecule has 0 fully saturated rings. The van der Waals surface area contributed by atoms with Gasteiger partial charge in [-0.3, -0.25) is 0 Å². The number of aliphatic hydroxyl groups is 1. The quantitative estimate of drug-likeness (QED) is 0.811. The van der Waals surface area contributed by atoms with E-state index in [1.165, 1.54) is 11.1 Å². The molecule has 116 valence electrons. The number of phenols is 1. The number of fused-ring (bicyclic) bond motifs is 1. The van der Waals surface area contributed by atoms with Crippen molar-refractivity contribution in [3.05, 3.63) is 64.2 Å². The van der Waals surface area contributed by atoms with Crippen molar-refractivity contribution in [3.63, 3.8) is 0 Å². The maximum atomic E-state index is 10.3. The molecule has 0 amide bonds. The van der Waals surface area contributed by atoms with Crippen LogP contribution in [0.3, 0.4) is 0 Å². The molecule has 0 saturated heterocycles. The highest BCUT2D eigenvalue weighted by Gasteiger charge is 2.19. The summed E-state index contributed by atoms with van der Waals surface area (Å²) in [4.78, 5) is 0. The number of aliphatic hydroxyl groups excluding tert-OH is 1. The van der Waals surface area contributed by atoms with Crippen LogP contribution >= 0.6 is 11.6 Å². The molecule has 1 aliphatic carbocycles. The zero-order valence-corrected chi connectivity index (χ0v) is 13.1. The topological polar surface area (TPSA) is 52.5 Å². The van der Waals surface area contributed by atoms with Crippen molar-refractivity contribution >= 4 is 11.6 Å². The normalized spacial score (nSPS) is 18.7. The van der Waals surface area contributed by atoms with Gasteiger partial charge in [0.05, 0.1) is 6.10 Å².